The maximum absolute atomic E-state index is 12.4. The molecule has 24 heavy (non-hydrogen) atoms. The van der Waals surface area contributed by atoms with E-state index in [1.54, 1.807) is 17.9 Å². The predicted molar refractivity (Wildman–Crippen MR) is 90.8 cm³/mol. The van der Waals surface area contributed by atoms with Crippen LogP contribution in [0.4, 0.5) is 0 Å². The summed E-state index contributed by atoms with van der Waals surface area (Å²) in [4.78, 5) is 30.5. The van der Waals surface area contributed by atoms with Gasteiger partial charge in [-0.15, -0.1) is 0 Å². The molecule has 0 saturated carbocycles. The number of aromatic nitrogens is 1. The van der Waals surface area contributed by atoms with Gasteiger partial charge >= 0.3 is 0 Å². The van der Waals surface area contributed by atoms with Crippen LogP contribution in [0.3, 0.4) is 0 Å². The Hall–Kier alpha value is -2.63. The van der Waals surface area contributed by atoms with Gasteiger partial charge in [0.15, 0.2) is 5.69 Å². The number of rotatable bonds is 6. The van der Waals surface area contributed by atoms with Crippen LogP contribution in [-0.2, 0) is 6.54 Å². The largest absolute Gasteiger partial charge is 0.443 e. The molecule has 1 N–H and O–H groups in total. The van der Waals surface area contributed by atoms with Crippen LogP contribution in [0.2, 0.25) is 0 Å². The summed E-state index contributed by atoms with van der Waals surface area (Å²) in [6.45, 7) is 8.78. The second-order valence-corrected chi connectivity index (χ2v) is 5.49. The maximum atomic E-state index is 12.4. The summed E-state index contributed by atoms with van der Waals surface area (Å²) in [5.41, 5.74) is 1.81. The third kappa shape index (κ3) is 3.82. The van der Waals surface area contributed by atoms with E-state index < -0.39 is 0 Å². The van der Waals surface area contributed by atoms with Gasteiger partial charge in [0.1, 0.15) is 5.76 Å². The molecule has 0 radical (unpaired) electrons. The molecule has 6 nitrogen and oxygen atoms in total. The van der Waals surface area contributed by atoms with Crippen LogP contribution >= 0.6 is 0 Å². The highest BCUT2D eigenvalue weighted by Gasteiger charge is 2.21. The Balaban J connectivity index is 2.07. The third-order valence-electron chi connectivity index (χ3n) is 3.88. The number of benzene rings is 1. The molecule has 2 rings (SSSR count). The van der Waals surface area contributed by atoms with E-state index >= 15 is 0 Å². The van der Waals surface area contributed by atoms with Crippen molar-refractivity contribution >= 4 is 11.8 Å². The summed E-state index contributed by atoms with van der Waals surface area (Å²) in [7, 11) is 0. The molecule has 0 atom stereocenters. The zero-order valence-electron chi connectivity index (χ0n) is 14.5. The lowest BCUT2D eigenvalue weighted by Crippen LogP contribution is -2.31. The molecule has 128 valence electrons. The van der Waals surface area contributed by atoms with E-state index in [4.69, 9.17) is 4.42 Å². The lowest BCUT2D eigenvalue weighted by Gasteiger charge is -2.16. The topological polar surface area (TPSA) is 75.4 Å². The van der Waals surface area contributed by atoms with Crippen molar-refractivity contribution in [1.82, 2.24) is 15.2 Å². The molecule has 1 aromatic carbocycles. The quantitative estimate of drug-likeness (QED) is 0.884. The highest BCUT2D eigenvalue weighted by Crippen LogP contribution is 2.13. The minimum absolute atomic E-state index is 0.138. The van der Waals surface area contributed by atoms with Crippen LogP contribution in [0.1, 0.15) is 51.9 Å². The van der Waals surface area contributed by atoms with E-state index in [0.717, 1.165) is 5.56 Å². The average molecular weight is 329 g/mol. The number of hydrogen-bond acceptors (Lipinski definition) is 4. The van der Waals surface area contributed by atoms with Crippen LogP contribution in [0.25, 0.3) is 0 Å². The summed E-state index contributed by atoms with van der Waals surface area (Å²) in [6, 6.07) is 7.35. The van der Waals surface area contributed by atoms with Gasteiger partial charge < -0.3 is 14.6 Å². The molecule has 0 spiro atoms. The number of amides is 2. The van der Waals surface area contributed by atoms with Crippen molar-refractivity contribution in [2.24, 2.45) is 0 Å². The molecule has 0 saturated heterocycles. The number of hydrogen-bond donors (Lipinski definition) is 1. The van der Waals surface area contributed by atoms with Crippen molar-refractivity contribution in [1.29, 1.82) is 0 Å². The Morgan fingerprint density at radius 1 is 1.17 bits per heavy atom. The highest BCUT2D eigenvalue weighted by atomic mass is 16.4. The van der Waals surface area contributed by atoms with Crippen LogP contribution in [0.5, 0.6) is 0 Å². The molecule has 0 fully saturated rings. The first-order valence-electron chi connectivity index (χ1n) is 8.07. The minimum atomic E-state index is -0.194. The maximum Gasteiger partial charge on any atom is 0.276 e. The van der Waals surface area contributed by atoms with Gasteiger partial charge in [-0.25, -0.2) is 4.98 Å². The van der Waals surface area contributed by atoms with Gasteiger partial charge in [0.05, 0.1) is 6.54 Å². The first kappa shape index (κ1) is 17.7. The van der Waals surface area contributed by atoms with E-state index in [9.17, 15) is 9.59 Å². The Kier molecular flexibility index (Phi) is 5.73. The highest BCUT2D eigenvalue weighted by molar-refractivity contribution is 5.95. The average Bonchev–Trinajstić information content (AvgIpc) is 2.95. The molecule has 1 aromatic heterocycles. The fourth-order valence-electron chi connectivity index (χ4n) is 2.46. The fourth-order valence-corrected chi connectivity index (χ4v) is 2.46. The minimum Gasteiger partial charge on any atom is -0.443 e. The molecule has 6 heteroatoms. The Bertz CT molecular complexity index is 733. The van der Waals surface area contributed by atoms with Crippen molar-refractivity contribution in [2.75, 3.05) is 13.1 Å². The van der Waals surface area contributed by atoms with E-state index in [-0.39, 0.29) is 18.4 Å². The first-order valence-corrected chi connectivity index (χ1v) is 8.07. The molecule has 0 unspecified atom stereocenters. The third-order valence-corrected chi connectivity index (χ3v) is 3.88. The van der Waals surface area contributed by atoms with Crippen LogP contribution in [0, 0.1) is 13.8 Å². The molecule has 0 aliphatic carbocycles. The van der Waals surface area contributed by atoms with Crippen molar-refractivity contribution in [3.05, 3.63) is 52.7 Å². The van der Waals surface area contributed by atoms with Crippen molar-refractivity contribution < 1.29 is 14.0 Å². The molecule has 2 aromatic rings. The van der Waals surface area contributed by atoms with Gasteiger partial charge in [0, 0.05) is 18.7 Å². The Morgan fingerprint density at radius 3 is 2.46 bits per heavy atom. The summed E-state index contributed by atoms with van der Waals surface area (Å²) in [6.07, 6.45) is 0. The molecular formula is C18H23N3O3. The predicted octanol–water partition coefficient (Wildman–Crippen LogP) is 2.70. The number of carbonyl (C=O) groups is 2. The smallest absolute Gasteiger partial charge is 0.276 e. The van der Waals surface area contributed by atoms with E-state index in [1.807, 2.05) is 39.0 Å². The van der Waals surface area contributed by atoms with Crippen LogP contribution in [0.15, 0.2) is 28.7 Å². The van der Waals surface area contributed by atoms with Gasteiger partial charge in [-0.2, -0.15) is 0 Å². The first-order chi connectivity index (χ1) is 11.5. The number of nitrogens with one attached hydrogen (secondary N) is 1. The number of nitrogens with zero attached hydrogens (tertiary/aromatic N) is 2. The summed E-state index contributed by atoms with van der Waals surface area (Å²) >= 11 is 0. The van der Waals surface area contributed by atoms with E-state index in [1.165, 1.54) is 0 Å². The van der Waals surface area contributed by atoms with Gasteiger partial charge in [0.25, 0.3) is 11.8 Å². The lowest BCUT2D eigenvalue weighted by molar-refractivity contribution is 0.0766. The van der Waals surface area contributed by atoms with Crippen LogP contribution in [-0.4, -0.2) is 34.8 Å². The van der Waals surface area contributed by atoms with Crippen molar-refractivity contribution in [3.8, 4) is 0 Å². The normalized spacial score (nSPS) is 10.5. The Morgan fingerprint density at radius 2 is 1.83 bits per heavy atom. The standard InChI is InChI=1S/C18H23N3O3/c1-5-21(6-2)18(23)16-13(4)24-15(20-16)11-19-17(22)14-10-8-7-9-12(14)3/h7-10H,5-6,11H2,1-4H3,(H,19,22). The van der Waals surface area contributed by atoms with Gasteiger partial charge in [-0.05, 0) is 39.3 Å². The second kappa shape index (κ2) is 7.77. The molecule has 2 amide bonds. The zero-order valence-corrected chi connectivity index (χ0v) is 14.5. The summed E-state index contributed by atoms with van der Waals surface area (Å²) in [5.74, 6) is 0.440. The molecule has 0 aliphatic rings. The van der Waals surface area contributed by atoms with Crippen molar-refractivity contribution in [3.63, 3.8) is 0 Å². The monoisotopic (exact) mass is 329 g/mol. The van der Waals surface area contributed by atoms with Gasteiger partial charge in [0.2, 0.25) is 5.89 Å². The molecule has 1 heterocycles. The van der Waals surface area contributed by atoms with Gasteiger partial charge in [-0.3, -0.25) is 9.59 Å². The molecule has 0 aliphatic heterocycles. The molecule has 0 bridgehead atoms. The SMILES string of the molecule is CCN(CC)C(=O)c1nc(CNC(=O)c2ccccc2C)oc1C. The van der Waals surface area contributed by atoms with Crippen molar-refractivity contribution in [2.45, 2.75) is 34.2 Å². The van der Waals surface area contributed by atoms with E-state index in [2.05, 4.69) is 10.3 Å². The fraction of sp³-hybridized carbons (Fsp3) is 0.389. The molecular weight excluding hydrogens is 306 g/mol. The van der Waals surface area contributed by atoms with Crippen LogP contribution < -0.4 is 5.32 Å². The van der Waals surface area contributed by atoms with Gasteiger partial charge in [-0.1, -0.05) is 18.2 Å². The number of aryl methyl sites for hydroxylation is 2. The second-order valence-electron chi connectivity index (χ2n) is 5.49. The Labute approximate surface area is 141 Å². The van der Waals surface area contributed by atoms with E-state index in [0.29, 0.717) is 36.0 Å². The number of carbonyl (C=O) groups excluding carboxylic acids is 2. The summed E-state index contributed by atoms with van der Waals surface area (Å²) < 4.78 is 5.52. The number of oxazole rings is 1. The lowest BCUT2D eigenvalue weighted by atomic mass is 10.1. The zero-order chi connectivity index (χ0) is 17.7. The summed E-state index contributed by atoms with van der Waals surface area (Å²) in [5, 5.41) is 2.77.